The van der Waals surface area contributed by atoms with Crippen LogP contribution in [0.2, 0.25) is 0 Å². The van der Waals surface area contributed by atoms with Gasteiger partial charge in [0, 0.05) is 42.4 Å². The second-order valence-corrected chi connectivity index (χ2v) is 11.9. The van der Waals surface area contributed by atoms with Crippen LogP contribution in [0.4, 0.5) is 5.13 Å². The number of nitrogens with one attached hydrogen (secondary N) is 1. The summed E-state index contributed by atoms with van der Waals surface area (Å²) in [5.41, 5.74) is -0.276. The predicted molar refractivity (Wildman–Crippen MR) is 133 cm³/mol. The second kappa shape index (κ2) is 10.4. The van der Waals surface area contributed by atoms with Crippen molar-refractivity contribution in [2.75, 3.05) is 25.0 Å². The van der Waals surface area contributed by atoms with Crippen LogP contribution in [0.15, 0.2) is 35.2 Å². The van der Waals surface area contributed by atoms with Crippen molar-refractivity contribution in [1.82, 2.24) is 20.0 Å². The van der Waals surface area contributed by atoms with E-state index in [-0.39, 0.29) is 41.5 Å². The minimum Gasteiger partial charge on any atom is -0.342 e. The maximum Gasteiger partial charge on any atom is 0.229 e. The number of aromatic nitrogens is 2. The Morgan fingerprint density at radius 2 is 1.82 bits per heavy atom. The van der Waals surface area contributed by atoms with Crippen LogP contribution in [0.5, 0.6) is 0 Å². The minimum absolute atomic E-state index is 0.0311. The lowest BCUT2D eigenvalue weighted by atomic mass is 9.94. The zero-order valence-electron chi connectivity index (χ0n) is 19.8. The van der Waals surface area contributed by atoms with Crippen LogP contribution in [-0.2, 0) is 20.1 Å². The van der Waals surface area contributed by atoms with Gasteiger partial charge in [-0.3, -0.25) is 14.4 Å². The summed E-state index contributed by atoms with van der Waals surface area (Å²) in [6.07, 6.45) is 1.49. The van der Waals surface area contributed by atoms with Gasteiger partial charge in [-0.25, -0.2) is 0 Å². The van der Waals surface area contributed by atoms with Gasteiger partial charge >= 0.3 is 0 Å². The summed E-state index contributed by atoms with van der Waals surface area (Å²) in [6, 6.07) is 10.1. The van der Waals surface area contributed by atoms with Crippen molar-refractivity contribution in [3.05, 3.63) is 35.3 Å². The number of thioether (sulfide) groups is 1. The lowest BCUT2D eigenvalue weighted by Crippen LogP contribution is -2.46. The Bertz CT molecular complexity index is 1030. The van der Waals surface area contributed by atoms with Crippen molar-refractivity contribution < 1.29 is 14.4 Å². The monoisotopic (exact) mass is 501 g/mol. The molecular weight excluding hydrogens is 470 g/mol. The van der Waals surface area contributed by atoms with E-state index >= 15 is 0 Å². The summed E-state index contributed by atoms with van der Waals surface area (Å²) in [5.74, 6) is 0.258. The van der Waals surface area contributed by atoms with E-state index < -0.39 is 0 Å². The van der Waals surface area contributed by atoms with Gasteiger partial charge in [0.2, 0.25) is 22.9 Å². The van der Waals surface area contributed by atoms with Crippen molar-refractivity contribution in [3.8, 4) is 0 Å². The van der Waals surface area contributed by atoms with Crippen molar-refractivity contribution in [2.45, 2.75) is 56.2 Å². The molecule has 1 atom stereocenters. The van der Waals surface area contributed by atoms with Crippen LogP contribution >= 0.6 is 23.1 Å². The first-order chi connectivity index (χ1) is 16.2. The minimum atomic E-state index is -0.286. The Hall–Kier alpha value is -2.46. The zero-order valence-corrected chi connectivity index (χ0v) is 21.5. The van der Waals surface area contributed by atoms with Crippen LogP contribution in [0, 0.1) is 11.8 Å². The molecule has 1 N–H and O–H groups in total. The molecule has 10 heteroatoms. The normalized spacial score (nSPS) is 19.5. The third kappa shape index (κ3) is 5.96. The van der Waals surface area contributed by atoms with Crippen molar-refractivity contribution in [2.24, 2.45) is 11.8 Å². The number of likely N-dealkylation sites (tertiary alicyclic amines) is 2. The van der Waals surface area contributed by atoms with Gasteiger partial charge in [-0.15, -0.1) is 22.0 Å². The van der Waals surface area contributed by atoms with Crippen LogP contribution in [-0.4, -0.2) is 62.9 Å². The quantitative estimate of drug-likeness (QED) is 0.607. The van der Waals surface area contributed by atoms with E-state index in [1.165, 1.54) is 11.3 Å². The number of hydrogen-bond donors (Lipinski definition) is 1. The molecule has 1 aromatic heterocycles. The number of nitrogens with zero attached hydrogens (tertiary/aromatic N) is 4. The lowest BCUT2D eigenvalue weighted by molar-refractivity contribution is -0.138. The largest absolute Gasteiger partial charge is 0.342 e. The molecule has 1 unspecified atom stereocenters. The number of carbonyl (C=O) groups is 3. The topological polar surface area (TPSA) is 95.5 Å². The third-order valence-corrected chi connectivity index (χ3v) is 8.31. The summed E-state index contributed by atoms with van der Waals surface area (Å²) >= 11 is 3.08. The number of piperidine rings is 1. The van der Waals surface area contributed by atoms with Gasteiger partial charge in [0.1, 0.15) is 5.01 Å². The van der Waals surface area contributed by atoms with Gasteiger partial charge in [0.15, 0.2) is 0 Å². The molecule has 3 amide bonds. The summed E-state index contributed by atoms with van der Waals surface area (Å²) < 4.78 is 0. The summed E-state index contributed by atoms with van der Waals surface area (Å²) in [5, 5.41) is 12.6. The Balaban J connectivity index is 1.23. The second-order valence-electron chi connectivity index (χ2n) is 9.77. The van der Waals surface area contributed by atoms with Gasteiger partial charge in [-0.05, 0) is 45.7 Å². The maximum absolute atomic E-state index is 13.0. The standard InChI is InChI=1S/C24H31N5O3S2/c1-24(2,3)29-14-17(13-20(29)30)22(32)28-11-9-16(10-12-28)21(31)25-23-27-26-19(34-23)15-33-18-7-5-4-6-8-18/h4-8,16-17H,9-15H2,1-3H3,(H,25,27,31). The molecule has 0 bridgehead atoms. The van der Waals surface area contributed by atoms with Gasteiger partial charge in [0.05, 0.1) is 11.7 Å². The average Bonchev–Trinajstić information content (AvgIpc) is 3.44. The highest BCUT2D eigenvalue weighted by Gasteiger charge is 2.41. The van der Waals surface area contributed by atoms with Gasteiger partial charge in [-0.1, -0.05) is 29.5 Å². The number of amides is 3. The fourth-order valence-electron chi connectivity index (χ4n) is 4.37. The third-order valence-electron chi connectivity index (χ3n) is 6.26. The first-order valence-corrected chi connectivity index (χ1v) is 13.4. The molecule has 4 rings (SSSR count). The van der Waals surface area contributed by atoms with Gasteiger partial charge in [-0.2, -0.15) is 0 Å². The van der Waals surface area contributed by atoms with Crippen molar-refractivity contribution in [3.63, 3.8) is 0 Å². The zero-order chi connectivity index (χ0) is 24.3. The first-order valence-electron chi connectivity index (χ1n) is 11.6. The number of benzene rings is 1. The lowest BCUT2D eigenvalue weighted by Gasteiger charge is -2.34. The summed E-state index contributed by atoms with van der Waals surface area (Å²) in [7, 11) is 0. The summed E-state index contributed by atoms with van der Waals surface area (Å²) in [6.45, 7) is 7.52. The summed E-state index contributed by atoms with van der Waals surface area (Å²) in [4.78, 5) is 42.9. The molecule has 182 valence electrons. The van der Waals surface area contributed by atoms with E-state index in [1.807, 2.05) is 43.9 Å². The van der Waals surface area contributed by atoms with E-state index in [0.717, 1.165) is 9.90 Å². The van der Waals surface area contributed by atoms with Crippen LogP contribution in [0.3, 0.4) is 0 Å². The van der Waals surface area contributed by atoms with Crippen molar-refractivity contribution >= 4 is 46.0 Å². The maximum atomic E-state index is 13.0. The van der Waals surface area contributed by atoms with Crippen LogP contribution in [0.1, 0.15) is 45.0 Å². The SMILES string of the molecule is CC(C)(C)N1CC(C(=O)N2CCC(C(=O)Nc3nnc(CSc4ccccc4)s3)CC2)CC1=O. The first kappa shape index (κ1) is 24.7. The molecular formula is C24H31N5O3S2. The predicted octanol–water partition coefficient (Wildman–Crippen LogP) is 3.65. The van der Waals surface area contributed by atoms with Crippen LogP contribution in [0.25, 0.3) is 0 Å². The number of rotatable bonds is 6. The highest BCUT2D eigenvalue weighted by atomic mass is 32.2. The molecule has 2 aliphatic rings. The molecule has 34 heavy (non-hydrogen) atoms. The molecule has 2 aromatic rings. The van der Waals surface area contributed by atoms with Gasteiger partial charge < -0.3 is 15.1 Å². The molecule has 2 fully saturated rings. The molecule has 1 aromatic carbocycles. The van der Waals surface area contributed by atoms with E-state index in [0.29, 0.717) is 43.4 Å². The van der Waals surface area contributed by atoms with Crippen LogP contribution < -0.4 is 5.32 Å². The highest BCUT2D eigenvalue weighted by Crippen LogP contribution is 2.30. The Kier molecular flexibility index (Phi) is 7.57. The fraction of sp³-hybridized carbons (Fsp3) is 0.542. The van der Waals surface area contributed by atoms with Gasteiger partial charge in [0.25, 0.3) is 0 Å². The van der Waals surface area contributed by atoms with Crippen molar-refractivity contribution in [1.29, 1.82) is 0 Å². The molecule has 0 saturated carbocycles. The molecule has 8 nitrogen and oxygen atoms in total. The van der Waals surface area contributed by atoms with E-state index in [1.54, 1.807) is 16.7 Å². The number of anilines is 1. The molecule has 0 spiro atoms. The fourth-order valence-corrected chi connectivity index (χ4v) is 6.02. The van der Waals surface area contributed by atoms with E-state index in [9.17, 15) is 14.4 Å². The Morgan fingerprint density at radius 1 is 1.12 bits per heavy atom. The van der Waals surface area contributed by atoms with E-state index in [2.05, 4.69) is 27.6 Å². The molecule has 3 heterocycles. The molecule has 0 radical (unpaired) electrons. The molecule has 0 aliphatic carbocycles. The smallest absolute Gasteiger partial charge is 0.229 e. The Morgan fingerprint density at radius 3 is 2.47 bits per heavy atom. The molecule has 2 saturated heterocycles. The average molecular weight is 502 g/mol. The highest BCUT2D eigenvalue weighted by molar-refractivity contribution is 7.98. The molecule has 2 aliphatic heterocycles. The Labute approximate surface area is 208 Å². The number of hydrogen-bond acceptors (Lipinski definition) is 7. The number of carbonyl (C=O) groups excluding carboxylic acids is 3. The van der Waals surface area contributed by atoms with E-state index in [4.69, 9.17) is 0 Å².